The second-order valence-electron chi connectivity index (χ2n) is 7.15. The Kier molecular flexibility index (Phi) is 6.24. The minimum Gasteiger partial charge on any atom is -0.300 e. The molecule has 1 heterocycles. The van der Waals surface area contributed by atoms with Crippen molar-refractivity contribution in [1.29, 1.82) is 0 Å². The van der Waals surface area contributed by atoms with Gasteiger partial charge in [-0.15, -0.1) is 0 Å². The number of sulfone groups is 1. The van der Waals surface area contributed by atoms with Crippen molar-refractivity contribution in [2.24, 2.45) is 0 Å². The minimum absolute atomic E-state index is 0.0285. The van der Waals surface area contributed by atoms with Crippen LogP contribution in [0.4, 0.5) is 0 Å². The number of hydrogen-bond donors (Lipinski definition) is 0. The molecule has 0 N–H and O–H groups in total. The molecule has 0 aliphatic carbocycles. The fourth-order valence-corrected chi connectivity index (χ4v) is 6.35. The molecule has 1 aliphatic rings. The van der Waals surface area contributed by atoms with Gasteiger partial charge in [0.05, 0.1) is 15.5 Å². The summed E-state index contributed by atoms with van der Waals surface area (Å²) in [6.07, 6.45) is 0. The average Bonchev–Trinajstić information content (AvgIpc) is 2.69. The van der Waals surface area contributed by atoms with E-state index in [1.807, 2.05) is 24.0 Å². The highest BCUT2D eigenvalue weighted by Crippen LogP contribution is 2.22. The Hall–Kier alpha value is -1.74. The smallest absolute Gasteiger partial charge is 0.243 e. The summed E-state index contributed by atoms with van der Waals surface area (Å²) in [6.45, 7) is 5.85. The first-order valence-corrected chi connectivity index (χ1v) is 12.4. The molecule has 0 unspecified atom stereocenters. The molecular formula is C20H26N2O4S2. The van der Waals surface area contributed by atoms with Gasteiger partial charge in [0.1, 0.15) is 0 Å². The molecule has 1 saturated heterocycles. The number of benzene rings is 2. The molecule has 0 amide bonds. The van der Waals surface area contributed by atoms with Crippen molar-refractivity contribution in [3.8, 4) is 0 Å². The Labute approximate surface area is 167 Å². The molecule has 1 aliphatic heterocycles. The maximum absolute atomic E-state index is 13.0. The second kappa shape index (κ2) is 8.32. The monoisotopic (exact) mass is 422 g/mol. The Morgan fingerprint density at radius 2 is 1.50 bits per heavy atom. The van der Waals surface area contributed by atoms with Crippen LogP contribution in [0.25, 0.3) is 0 Å². The third-order valence-electron chi connectivity index (χ3n) is 5.07. The van der Waals surface area contributed by atoms with Gasteiger partial charge in [0, 0.05) is 32.7 Å². The highest BCUT2D eigenvalue weighted by atomic mass is 32.2. The van der Waals surface area contributed by atoms with Gasteiger partial charge in [-0.3, -0.25) is 4.90 Å². The first-order chi connectivity index (χ1) is 13.2. The average molecular weight is 423 g/mol. The molecular weight excluding hydrogens is 396 g/mol. The molecule has 0 bridgehead atoms. The maximum atomic E-state index is 13.0. The highest BCUT2D eigenvalue weighted by molar-refractivity contribution is 7.91. The molecule has 8 heteroatoms. The van der Waals surface area contributed by atoms with Crippen molar-refractivity contribution in [1.82, 2.24) is 9.21 Å². The van der Waals surface area contributed by atoms with Gasteiger partial charge in [0.25, 0.3) is 0 Å². The van der Waals surface area contributed by atoms with Crippen molar-refractivity contribution in [3.05, 3.63) is 59.7 Å². The Bertz CT molecular complexity index is 1030. The van der Waals surface area contributed by atoms with Crippen LogP contribution in [0, 0.1) is 13.8 Å². The summed E-state index contributed by atoms with van der Waals surface area (Å²) >= 11 is 0. The second-order valence-corrected chi connectivity index (χ2v) is 11.2. The number of rotatable bonds is 6. The predicted octanol–water partition coefficient (Wildman–Crippen LogP) is 2.08. The summed E-state index contributed by atoms with van der Waals surface area (Å²) in [4.78, 5) is 2.69. The zero-order chi connectivity index (χ0) is 20.4. The van der Waals surface area contributed by atoms with E-state index in [1.54, 1.807) is 43.3 Å². The molecule has 28 heavy (non-hydrogen) atoms. The lowest BCUT2D eigenvalue weighted by Gasteiger charge is -2.34. The van der Waals surface area contributed by atoms with E-state index in [0.29, 0.717) is 42.5 Å². The highest BCUT2D eigenvalue weighted by Gasteiger charge is 2.30. The molecule has 0 radical (unpaired) electrons. The lowest BCUT2D eigenvalue weighted by atomic mass is 10.2. The topological polar surface area (TPSA) is 74.8 Å². The summed E-state index contributed by atoms with van der Waals surface area (Å²) in [5.41, 5.74) is 1.65. The van der Waals surface area contributed by atoms with Crippen molar-refractivity contribution >= 4 is 19.9 Å². The van der Waals surface area contributed by atoms with Crippen LogP contribution in [-0.2, 0) is 19.9 Å². The summed E-state index contributed by atoms with van der Waals surface area (Å²) in [5.74, 6) is 0.0285. The number of aryl methyl sites for hydroxylation is 2. The third-order valence-corrected chi connectivity index (χ3v) is 8.82. The molecule has 1 fully saturated rings. The van der Waals surface area contributed by atoms with Crippen LogP contribution < -0.4 is 0 Å². The van der Waals surface area contributed by atoms with Gasteiger partial charge in [-0.05, 0) is 43.2 Å². The fraction of sp³-hybridized carbons (Fsp3) is 0.400. The standard InChI is InChI=1S/C20H26N2O4S2/c1-17-8-9-18(2)20(16-17)28(25,26)22-12-10-21(11-13-22)14-15-27(23,24)19-6-4-3-5-7-19/h3-9,16H,10-15H2,1-2H3. The molecule has 0 saturated carbocycles. The van der Waals surface area contributed by atoms with E-state index in [4.69, 9.17) is 0 Å². The summed E-state index contributed by atoms with van der Waals surface area (Å²) < 4.78 is 52.3. The Morgan fingerprint density at radius 1 is 0.857 bits per heavy atom. The summed E-state index contributed by atoms with van der Waals surface area (Å²) in [6, 6.07) is 13.9. The first kappa shape index (κ1) is 21.0. The van der Waals surface area contributed by atoms with Gasteiger partial charge < -0.3 is 0 Å². The quantitative estimate of drug-likeness (QED) is 0.713. The number of hydrogen-bond acceptors (Lipinski definition) is 5. The van der Waals surface area contributed by atoms with Crippen LogP contribution in [0.2, 0.25) is 0 Å². The van der Waals surface area contributed by atoms with Crippen molar-refractivity contribution in [2.75, 3.05) is 38.5 Å². The number of sulfonamides is 1. The summed E-state index contributed by atoms with van der Waals surface area (Å²) in [7, 11) is -6.87. The van der Waals surface area contributed by atoms with Crippen molar-refractivity contribution in [2.45, 2.75) is 23.6 Å². The van der Waals surface area contributed by atoms with Crippen molar-refractivity contribution < 1.29 is 16.8 Å². The van der Waals surface area contributed by atoms with Crippen LogP contribution in [0.15, 0.2) is 58.3 Å². The predicted molar refractivity (Wildman–Crippen MR) is 110 cm³/mol. The Morgan fingerprint density at radius 3 is 2.14 bits per heavy atom. The van der Waals surface area contributed by atoms with E-state index in [1.165, 1.54) is 4.31 Å². The number of nitrogens with zero attached hydrogens (tertiary/aromatic N) is 2. The molecule has 6 nitrogen and oxygen atoms in total. The van der Waals surface area contributed by atoms with Gasteiger partial charge >= 0.3 is 0 Å². The molecule has 3 rings (SSSR count). The van der Waals surface area contributed by atoms with Crippen LogP contribution in [0.3, 0.4) is 0 Å². The van der Waals surface area contributed by atoms with E-state index >= 15 is 0 Å². The van der Waals surface area contributed by atoms with Crippen LogP contribution >= 0.6 is 0 Å². The van der Waals surface area contributed by atoms with E-state index in [2.05, 4.69) is 0 Å². The van der Waals surface area contributed by atoms with Gasteiger partial charge in [-0.2, -0.15) is 4.31 Å². The molecule has 0 atom stereocenters. The third kappa shape index (κ3) is 4.63. The lowest BCUT2D eigenvalue weighted by molar-refractivity contribution is 0.197. The van der Waals surface area contributed by atoms with E-state index in [-0.39, 0.29) is 5.75 Å². The lowest BCUT2D eigenvalue weighted by Crippen LogP contribution is -2.49. The maximum Gasteiger partial charge on any atom is 0.243 e. The first-order valence-electron chi connectivity index (χ1n) is 9.28. The number of piperazine rings is 1. The molecule has 2 aromatic rings. The fourth-order valence-electron chi connectivity index (χ4n) is 3.31. The van der Waals surface area contributed by atoms with Gasteiger partial charge in [-0.25, -0.2) is 16.8 Å². The van der Waals surface area contributed by atoms with Gasteiger partial charge in [0.15, 0.2) is 9.84 Å². The van der Waals surface area contributed by atoms with E-state index < -0.39 is 19.9 Å². The molecule has 0 aromatic heterocycles. The largest absolute Gasteiger partial charge is 0.300 e. The van der Waals surface area contributed by atoms with Crippen LogP contribution in [-0.4, -0.2) is 64.5 Å². The van der Waals surface area contributed by atoms with Crippen LogP contribution in [0.5, 0.6) is 0 Å². The van der Waals surface area contributed by atoms with E-state index in [0.717, 1.165) is 11.1 Å². The summed E-state index contributed by atoms with van der Waals surface area (Å²) in [5, 5.41) is 0. The SMILES string of the molecule is Cc1ccc(C)c(S(=O)(=O)N2CCN(CCS(=O)(=O)c3ccccc3)CC2)c1. The minimum atomic E-state index is -3.54. The van der Waals surface area contributed by atoms with E-state index in [9.17, 15) is 16.8 Å². The zero-order valence-corrected chi connectivity index (χ0v) is 17.8. The molecule has 2 aromatic carbocycles. The zero-order valence-electron chi connectivity index (χ0n) is 16.2. The molecule has 0 spiro atoms. The van der Waals surface area contributed by atoms with Gasteiger partial charge in [0.2, 0.25) is 10.0 Å². The molecule has 152 valence electrons. The van der Waals surface area contributed by atoms with Crippen LogP contribution in [0.1, 0.15) is 11.1 Å². The van der Waals surface area contributed by atoms with Crippen molar-refractivity contribution in [3.63, 3.8) is 0 Å². The Balaban J connectivity index is 1.61. The normalized spacial score (nSPS) is 16.9. The van der Waals surface area contributed by atoms with Gasteiger partial charge in [-0.1, -0.05) is 30.3 Å².